The number of oxime groups is 1. The molecule has 0 spiro atoms. The van der Waals surface area contributed by atoms with Crippen molar-refractivity contribution in [3.8, 4) is 11.6 Å². The van der Waals surface area contributed by atoms with Crippen LogP contribution in [0, 0.1) is 25.0 Å². The number of piperidine rings is 2. The summed E-state index contributed by atoms with van der Waals surface area (Å²) in [5.41, 5.74) is 5.39. The number of nitrogens with zero attached hydrogens (tertiary/aromatic N) is 7. The molecule has 0 atom stereocenters. The minimum absolute atomic E-state index is 0.0257. The number of Topliss-reactive ketones (excluding diaryl/α,β-unsaturated/α-hetero) is 1. The molecular formula is C50H59BrN8O8. The van der Waals surface area contributed by atoms with Crippen LogP contribution in [0.15, 0.2) is 88.9 Å². The van der Waals surface area contributed by atoms with E-state index in [1.54, 1.807) is 30.0 Å². The lowest BCUT2D eigenvalue weighted by molar-refractivity contribution is -0.612. The molecule has 3 saturated heterocycles. The molecule has 0 bridgehead atoms. The van der Waals surface area contributed by atoms with Gasteiger partial charge in [-0.3, -0.25) is 24.1 Å². The summed E-state index contributed by atoms with van der Waals surface area (Å²) in [6, 6.07) is 19.0. The lowest BCUT2D eigenvalue weighted by atomic mass is 9.82. The quantitative estimate of drug-likeness (QED) is 0.0379. The van der Waals surface area contributed by atoms with E-state index in [0.29, 0.717) is 78.1 Å². The third-order valence-electron chi connectivity index (χ3n) is 13.3. The second-order valence-electron chi connectivity index (χ2n) is 17.3. The number of piperazine rings is 1. The second-order valence-corrected chi connectivity index (χ2v) is 18.2. The number of carbonyl (C=O) groups excluding carboxylic acids is 4. The Hall–Kier alpha value is -6.33. The highest BCUT2D eigenvalue weighted by Gasteiger charge is 2.40. The SMILES string of the molecule is CCO/N=C(\c1ccc(Br)cc1)C1CCN(C2(C)CCN(C(=O)c3c(C)cc[n+]([O-])c3C)CC2)CC1.COc1ncc(OC)c2c(C(=O)C(=O)N3CCN(C(=O)c4ccccc4)CC3)c[nH]c12. The van der Waals surface area contributed by atoms with Gasteiger partial charge in [0.1, 0.15) is 23.4 Å². The first-order valence-electron chi connectivity index (χ1n) is 22.7. The van der Waals surface area contributed by atoms with Crippen molar-refractivity contribution in [1.82, 2.24) is 29.6 Å². The van der Waals surface area contributed by atoms with Gasteiger partial charge in [0.2, 0.25) is 11.6 Å². The van der Waals surface area contributed by atoms with Crippen LogP contribution in [0.4, 0.5) is 0 Å². The Kier molecular flexibility index (Phi) is 15.6. The molecule has 0 radical (unpaired) electrons. The van der Waals surface area contributed by atoms with Gasteiger partial charge in [-0.2, -0.15) is 4.73 Å². The van der Waals surface area contributed by atoms with Crippen LogP contribution in [0.25, 0.3) is 10.9 Å². The molecule has 67 heavy (non-hydrogen) atoms. The predicted octanol–water partition coefficient (Wildman–Crippen LogP) is 6.59. The number of ether oxygens (including phenoxy) is 2. The van der Waals surface area contributed by atoms with Gasteiger partial charge in [-0.05, 0) is 94.9 Å². The lowest BCUT2D eigenvalue weighted by Crippen LogP contribution is -2.57. The number of hydrogen-bond acceptors (Lipinski definition) is 11. The predicted molar refractivity (Wildman–Crippen MR) is 257 cm³/mol. The van der Waals surface area contributed by atoms with Crippen LogP contribution in [0.1, 0.15) is 87.4 Å². The molecule has 3 aliphatic heterocycles. The van der Waals surface area contributed by atoms with Crippen molar-refractivity contribution in [2.24, 2.45) is 11.1 Å². The molecule has 3 fully saturated rings. The van der Waals surface area contributed by atoms with Gasteiger partial charge in [0.05, 0.1) is 37.1 Å². The van der Waals surface area contributed by atoms with Crippen molar-refractivity contribution in [3.63, 3.8) is 0 Å². The van der Waals surface area contributed by atoms with Gasteiger partial charge in [-0.1, -0.05) is 51.4 Å². The maximum absolute atomic E-state index is 13.3. The normalized spacial score (nSPS) is 16.8. The first-order valence-corrected chi connectivity index (χ1v) is 23.5. The smallest absolute Gasteiger partial charge is 0.295 e. The monoisotopic (exact) mass is 978 g/mol. The molecule has 2 aromatic carbocycles. The maximum Gasteiger partial charge on any atom is 0.295 e. The van der Waals surface area contributed by atoms with Gasteiger partial charge >= 0.3 is 0 Å². The molecule has 3 aliphatic rings. The zero-order valence-corrected chi connectivity index (χ0v) is 40.6. The molecule has 3 aromatic heterocycles. The minimum atomic E-state index is -0.652. The number of aryl methyl sites for hydroxylation is 1. The number of H-pyrrole nitrogens is 1. The van der Waals surface area contributed by atoms with Crippen molar-refractivity contribution in [3.05, 3.63) is 122 Å². The number of aromatic nitrogens is 3. The number of amides is 3. The number of carbonyl (C=O) groups is 4. The molecule has 16 nitrogen and oxygen atoms in total. The number of likely N-dealkylation sites (tertiary alicyclic amines) is 2. The van der Waals surface area contributed by atoms with E-state index in [4.69, 9.17) is 14.3 Å². The fourth-order valence-corrected chi connectivity index (χ4v) is 9.55. The summed E-state index contributed by atoms with van der Waals surface area (Å²) >= 11 is 3.52. The number of nitrogens with one attached hydrogen (secondary N) is 1. The molecule has 354 valence electrons. The van der Waals surface area contributed by atoms with Crippen molar-refractivity contribution in [2.45, 2.75) is 58.9 Å². The average Bonchev–Trinajstić information content (AvgIpc) is 3.81. The Morgan fingerprint density at radius 2 is 1.49 bits per heavy atom. The highest BCUT2D eigenvalue weighted by Crippen LogP contribution is 2.36. The van der Waals surface area contributed by atoms with E-state index in [1.165, 1.54) is 37.7 Å². The maximum atomic E-state index is 13.3. The van der Waals surface area contributed by atoms with Crippen molar-refractivity contribution >= 4 is 56.0 Å². The summed E-state index contributed by atoms with van der Waals surface area (Å²) in [4.78, 5) is 72.1. The first kappa shape index (κ1) is 48.6. The van der Waals surface area contributed by atoms with Gasteiger partial charge < -0.3 is 39.2 Å². The number of aromatic amines is 1. The van der Waals surface area contributed by atoms with Gasteiger partial charge in [0.15, 0.2) is 6.20 Å². The number of fused-ring (bicyclic) bond motifs is 1. The Labute approximate surface area is 399 Å². The number of pyridine rings is 2. The van der Waals surface area contributed by atoms with Crippen molar-refractivity contribution < 1.29 is 38.2 Å². The molecule has 0 unspecified atom stereocenters. The zero-order valence-electron chi connectivity index (χ0n) is 39.0. The summed E-state index contributed by atoms with van der Waals surface area (Å²) in [5, 5.41) is 17.0. The lowest BCUT2D eigenvalue weighted by Gasteiger charge is -2.49. The van der Waals surface area contributed by atoms with Gasteiger partial charge in [-0.25, -0.2) is 4.98 Å². The molecule has 17 heteroatoms. The van der Waals surface area contributed by atoms with E-state index >= 15 is 0 Å². The summed E-state index contributed by atoms with van der Waals surface area (Å²) in [5.74, 6) is -0.350. The van der Waals surface area contributed by atoms with Gasteiger partial charge in [-0.15, -0.1) is 0 Å². The van der Waals surface area contributed by atoms with Crippen LogP contribution in [0.3, 0.4) is 0 Å². The fourth-order valence-electron chi connectivity index (χ4n) is 9.29. The Balaban J connectivity index is 0.000000201. The van der Waals surface area contributed by atoms with E-state index < -0.39 is 11.7 Å². The van der Waals surface area contributed by atoms with Crippen LogP contribution in [-0.4, -0.2) is 138 Å². The van der Waals surface area contributed by atoms with Crippen LogP contribution in [0.5, 0.6) is 11.6 Å². The Morgan fingerprint density at radius 3 is 2.12 bits per heavy atom. The van der Waals surface area contributed by atoms with Gasteiger partial charge in [0, 0.05) is 79.9 Å². The molecule has 8 rings (SSSR count). The fraction of sp³-hybridized carbons (Fsp3) is 0.420. The summed E-state index contributed by atoms with van der Waals surface area (Å²) in [6.07, 6.45) is 8.31. The van der Waals surface area contributed by atoms with Crippen molar-refractivity contribution in [1.29, 1.82) is 0 Å². The van der Waals surface area contributed by atoms with Crippen LogP contribution in [0.2, 0.25) is 0 Å². The number of halogens is 1. The van der Waals surface area contributed by atoms with Crippen LogP contribution in [-0.2, 0) is 9.63 Å². The highest BCUT2D eigenvalue weighted by molar-refractivity contribution is 9.10. The number of ketones is 1. The number of benzene rings is 2. The van der Waals surface area contributed by atoms with E-state index in [-0.39, 0.29) is 36.0 Å². The number of methoxy groups -OCH3 is 2. The topological polar surface area (TPSA) is 177 Å². The largest absolute Gasteiger partial charge is 0.618 e. The summed E-state index contributed by atoms with van der Waals surface area (Å²) < 4.78 is 12.4. The first-order chi connectivity index (χ1) is 32.3. The summed E-state index contributed by atoms with van der Waals surface area (Å²) in [6.45, 7) is 13.2. The van der Waals surface area contributed by atoms with Gasteiger partial charge in [0.25, 0.3) is 23.5 Å². The van der Waals surface area contributed by atoms with Crippen LogP contribution < -0.4 is 14.2 Å². The summed E-state index contributed by atoms with van der Waals surface area (Å²) in [7, 11) is 2.94. The molecule has 0 aliphatic carbocycles. The van der Waals surface area contributed by atoms with E-state index in [1.807, 2.05) is 36.9 Å². The molecular weight excluding hydrogens is 921 g/mol. The Morgan fingerprint density at radius 1 is 0.851 bits per heavy atom. The highest BCUT2D eigenvalue weighted by atomic mass is 79.9. The standard InChI is InChI=1S/C28H37BrN4O3.C22H22N4O5/c1-5-36-30-26(22-6-8-24(29)9-7-22)23-11-15-32(16-12-23)28(4)13-18-31(19-14-28)27(34)25-20(2)10-17-33(35)21(25)3;1-30-16-13-24-20(31-2)18-17(16)15(12-23-18)19(27)22(29)26-10-8-25(9-11-26)21(28)14-6-4-3-5-7-14/h6-10,17,23H,5,11-16,18-19H2,1-4H3;3-7,12-13,23H,8-11H2,1-2H3/b30-26+;. The molecule has 1 N–H and O–H groups in total. The third-order valence-corrected chi connectivity index (χ3v) is 13.9. The molecule has 0 saturated carbocycles. The number of rotatable bonds is 11. The number of hydrogen-bond donors (Lipinski definition) is 1. The minimum Gasteiger partial charge on any atom is -0.618 e. The average molecular weight is 980 g/mol. The molecule has 6 heterocycles. The van der Waals surface area contributed by atoms with E-state index in [0.717, 1.165) is 64.8 Å². The Bertz CT molecular complexity index is 2600. The third kappa shape index (κ3) is 10.6. The van der Waals surface area contributed by atoms with E-state index in [2.05, 4.69) is 67.1 Å². The van der Waals surface area contributed by atoms with Crippen molar-refractivity contribution in [2.75, 3.05) is 73.2 Å². The zero-order chi connectivity index (χ0) is 47.8. The molecule has 3 amide bonds. The van der Waals surface area contributed by atoms with E-state index in [9.17, 15) is 24.4 Å². The molecule has 5 aromatic rings. The second kappa shape index (κ2) is 21.5. The van der Waals surface area contributed by atoms with Crippen LogP contribution >= 0.6 is 15.9 Å².